The van der Waals surface area contributed by atoms with Crippen molar-refractivity contribution >= 4 is 30.3 Å². The van der Waals surface area contributed by atoms with Gasteiger partial charge in [-0.05, 0) is 45.6 Å². The predicted octanol–water partition coefficient (Wildman–Crippen LogP) is 2.22. The molecule has 0 saturated carbocycles. The van der Waals surface area contributed by atoms with Crippen molar-refractivity contribution in [1.29, 1.82) is 0 Å². The topological polar surface area (TPSA) is 88.1 Å². The van der Waals surface area contributed by atoms with Gasteiger partial charge in [0, 0.05) is 12.0 Å². The van der Waals surface area contributed by atoms with Gasteiger partial charge in [0.2, 0.25) is 0 Å². The van der Waals surface area contributed by atoms with Crippen molar-refractivity contribution in [3.05, 3.63) is 29.3 Å². The van der Waals surface area contributed by atoms with Gasteiger partial charge in [-0.2, -0.15) is 0 Å². The van der Waals surface area contributed by atoms with Crippen LogP contribution in [0.1, 0.15) is 56.5 Å². The zero-order chi connectivity index (χ0) is 22.0. The van der Waals surface area contributed by atoms with E-state index in [2.05, 4.69) is 4.74 Å². The fourth-order valence-electron chi connectivity index (χ4n) is 3.15. The van der Waals surface area contributed by atoms with Gasteiger partial charge < -0.3 is 18.8 Å². The second-order valence-electron chi connectivity index (χ2n) is 8.29. The molecule has 2 rings (SSSR count). The molecular weight excluding hydrogens is 375 g/mol. The first-order chi connectivity index (χ1) is 13.4. The monoisotopic (exact) mass is 404 g/mol. The van der Waals surface area contributed by atoms with Gasteiger partial charge in [0.05, 0.1) is 37.8 Å². The SMILES string of the molecule is COC(=O)C[C@H](CC(=O)c1ccc(B2OC(C)(C)C(C)(C)O2)cc1C)C(=O)OC. The molecule has 1 saturated heterocycles. The maximum atomic E-state index is 12.8. The Morgan fingerprint density at radius 3 is 2.07 bits per heavy atom. The molecule has 0 N–H and O–H groups in total. The summed E-state index contributed by atoms with van der Waals surface area (Å²) in [5.41, 5.74) is 1.12. The van der Waals surface area contributed by atoms with E-state index in [4.69, 9.17) is 14.0 Å². The molecule has 0 aliphatic carbocycles. The third-order valence-electron chi connectivity index (χ3n) is 5.68. The Hall–Kier alpha value is -2.19. The Morgan fingerprint density at radius 1 is 1.00 bits per heavy atom. The quantitative estimate of drug-likeness (QED) is 0.391. The molecule has 1 heterocycles. The number of carbonyl (C=O) groups excluding carboxylic acids is 3. The van der Waals surface area contributed by atoms with E-state index in [0.29, 0.717) is 5.56 Å². The summed E-state index contributed by atoms with van der Waals surface area (Å²) in [4.78, 5) is 36.3. The normalized spacial score (nSPS) is 18.2. The minimum absolute atomic E-state index is 0.140. The number of benzene rings is 1. The highest BCUT2D eigenvalue weighted by Crippen LogP contribution is 2.36. The van der Waals surface area contributed by atoms with Crippen molar-refractivity contribution in [3.8, 4) is 0 Å². The summed E-state index contributed by atoms with van der Waals surface area (Å²) in [7, 11) is 1.93. The number of aryl methyl sites for hydroxylation is 1. The lowest BCUT2D eigenvalue weighted by Crippen LogP contribution is -2.41. The second-order valence-corrected chi connectivity index (χ2v) is 8.29. The van der Waals surface area contributed by atoms with Crippen LogP contribution >= 0.6 is 0 Å². The minimum atomic E-state index is -0.887. The number of ether oxygens (including phenoxy) is 2. The predicted molar refractivity (Wildman–Crippen MR) is 108 cm³/mol. The van der Waals surface area contributed by atoms with E-state index in [9.17, 15) is 14.4 Å². The summed E-state index contributed by atoms with van der Waals surface area (Å²) in [6.45, 7) is 9.73. The van der Waals surface area contributed by atoms with E-state index in [1.54, 1.807) is 12.1 Å². The summed E-state index contributed by atoms with van der Waals surface area (Å²) in [6, 6.07) is 5.34. The van der Waals surface area contributed by atoms with Gasteiger partial charge in [0.15, 0.2) is 5.78 Å². The molecule has 1 atom stereocenters. The molecule has 1 fully saturated rings. The molecule has 0 amide bonds. The standard InChI is InChI=1S/C21H29BO7/c1-13-10-15(22-28-20(2,3)21(4,5)29-22)8-9-16(13)17(23)11-14(19(25)27-7)12-18(24)26-6/h8-10,14H,11-12H2,1-7H3/t14-/m0/s1. The van der Waals surface area contributed by atoms with Gasteiger partial charge in [-0.1, -0.05) is 18.2 Å². The van der Waals surface area contributed by atoms with Gasteiger partial charge in [0.25, 0.3) is 0 Å². The van der Waals surface area contributed by atoms with Gasteiger partial charge in [-0.25, -0.2) is 0 Å². The largest absolute Gasteiger partial charge is 0.494 e. The Bertz CT molecular complexity index is 784. The van der Waals surface area contributed by atoms with Crippen LogP contribution in [0.25, 0.3) is 0 Å². The van der Waals surface area contributed by atoms with Crippen LogP contribution in [0.3, 0.4) is 0 Å². The number of hydrogen-bond acceptors (Lipinski definition) is 7. The Labute approximate surface area is 172 Å². The summed E-state index contributed by atoms with van der Waals surface area (Å²) in [5, 5.41) is 0. The fraction of sp³-hybridized carbons (Fsp3) is 0.571. The van der Waals surface area contributed by atoms with Crippen LogP contribution in [0.4, 0.5) is 0 Å². The van der Waals surface area contributed by atoms with Crippen LogP contribution in [-0.2, 0) is 28.4 Å². The maximum absolute atomic E-state index is 12.8. The van der Waals surface area contributed by atoms with Crippen molar-refractivity contribution in [2.24, 2.45) is 5.92 Å². The lowest BCUT2D eigenvalue weighted by Gasteiger charge is -2.32. The van der Waals surface area contributed by atoms with E-state index in [1.807, 2.05) is 40.7 Å². The molecule has 8 heteroatoms. The Balaban J connectivity index is 2.18. The summed E-state index contributed by atoms with van der Waals surface area (Å²) in [6.07, 6.45) is -0.349. The number of hydrogen-bond donors (Lipinski definition) is 0. The molecule has 7 nitrogen and oxygen atoms in total. The van der Waals surface area contributed by atoms with Crippen molar-refractivity contribution in [1.82, 2.24) is 0 Å². The van der Waals surface area contributed by atoms with E-state index in [0.717, 1.165) is 11.0 Å². The molecule has 1 aliphatic rings. The average Bonchev–Trinajstić information content (AvgIpc) is 2.87. The van der Waals surface area contributed by atoms with Gasteiger partial charge >= 0.3 is 19.1 Å². The zero-order valence-electron chi connectivity index (χ0n) is 18.2. The molecule has 1 aliphatic heterocycles. The van der Waals surface area contributed by atoms with Crippen LogP contribution in [0.2, 0.25) is 0 Å². The molecule has 0 bridgehead atoms. The summed E-state index contributed by atoms with van der Waals surface area (Å²) < 4.78 is 21.4. The highest BCUT2D eigenvalue weighted by molar-refractivity contribution is 6.62. The second kappa shape index (κ2) is 8.67. The minimum Gasteiger partial charge on any atom is -0.469 e. The van der Waals surface area contributed by atoms with Gasteiger partial charge in [0.1, 0.15) is 0 Å². The summed E-state index contributed by atoms with van der Waals surface area (Å²) in [5.74, 6) is -2.32. The number of esters is 2. The molecule has 0 radical (unpaired) electrons. The van der Waals surface area contributed by atoms with Gasteiger partial charge in [-0.15, -0.1) is 0 Å². The number of Topliss-reactive ketones (excluding diaryl/α,β-unsaturated/α-hetero) is 1. The zero-order valence-corrected chi connectivity index (χ0v) is 18.2. The first-order valence-corrected chi connectivity index (χ1v) is 9.56. The van der Waals surface area contributed by atoms with Crippen molar-refractivity contribution in [3.63, 3.8) is 0 Å². The van der Waals surface area contributed by atoms with E-state index < -0.39 is 36.2 Å². The lowest BCUT2D eigenvalue weighted by molar-refractivity contribution is -0.151. The molecule has 0 unspecified atom stereocenters. The number of carbonyl (C=O) groups is 3. The van der Waals surface area contributed by atoms with Crippen LogP contribution in [-0.4, -0.2) is 50.3 Å². The van der Waals surface area contributed by atoms with Crippen molar-refractivity contribution in [2.75, 3.05) is 14.2 Å². The first-order valence-electron chi connectivity index (χ1n) is 9.56. The van der Waals surface area contributed by atoms with Crippen LogP contribution in [0, 0.1) is 12.8 Å². The van der Waals surface area contributed by atoms with Crippen molar-refractivity contribution < 1.29 is 33.2 Å². The molecule has 158 valence electrons. The van der Waals surface area contributed by atoms with E-state index in [1.165, 1.54) is 14.2 Å². The van der Waals surface area contributed by atoms with Crippen molar-refractivity contribution in [2.45, 2.75) is 58.7 Å². The molecular formula is C21H29BO7. The molecule has 1 aromatic carbocycles. The highest BCUT2D eigenvalue weighted by atomic mass is 16.7. The average molecular weight is 404 g/mol. The van der Waals surface area contributed by atoms with Crippen LogP contribution in [0.5, 0.6) is 0 Å². The number of rotatable bonds is 7. The van der Waals surface area contributed by atoms with Crippen LogP contribution in [0.15, 0.2) is 18.2 Å². The molecule has 29 heavy (non-hydrogen) atoms. The van der Waals surface area contributed by atoms with Gasteiger partial charge in [-0.3, -0.25) is 14.4 Å². The van der Waals surface area contributed by atoms with E-state index in [-0.39, 0.29) is 18.6 Å². The number of methoxy groups -OCH3 is 2. The third-order valence-corrected chi connectivity index (χ3v) is 5.68. The number of ketones is 1. The third kappa shape index (κ3) is 5.06. The molecule has 1 aromatic rings. The van der Waals surface area contributed by atoms with Crippen LogP contribution < -0.4 is 5.46 Å². The molecule has 0 aromatic heterocycles. The maximum Gasteiger partial charge on any atom is 0.494 e. The summed E-state index contributed by atoms with van der Waals surface area (Å²) >= 11 is 0. The first kappa shape index (κ1) is 23.1. The lowest BCUT2D eigenvalue weighted by atomic mass is 9.77. The van der Waals surface area contributed by atoms with E-state index >= 15 is 0 Å². The Kier molecular flexibility index (Phi) is 6.91. The Morgan fingerprint density at radius 2 is 1.59 bits per heavy atom. The molecule has 0 spiro atoms. The highest BCUT2D eigenvalue weighted by Gasteiger charge is 2.51. The fourth-order valence-corrected chi connectivity index (χ4v) is 3.15. The smallest absolute Gasteiger partial charge is 0.469 e.